The molecule has 2 aromatic carbocycles. The third-order valence-electron chi connectivity index (χ3n) is 3.96. The minimum Gasteiger partial charge on any atom is -0.497 e. The highest BCUT2D eigenvalue weighted by Crippen LogP contribution is 2.20. The molecule has 0 aromatic heterocycles. The van der Waals surface area contributed by atoms with Crippen molar-refractivity contribution < 1.29 is 14.3 Å². The predicted octanol–water partition coefficient (Wildman–Crippen LogP) is 3.82. The van der Waals surface area contributed by atoms with Gasteiger partial charge in [0, 0.05) is 13.6 Å². The van der Waals surface area contributed by atoms with Gasteiger partial charge in [0.1, 0.15) is 11.5 Å². The molecule has 4 heteroatoms. The lowest BCUT2D eigenvalue weighted by Gasteiger charge is -2.24. The van der Waals surface area contributed by atoms with Crippen LogP contribution in [0.5, 0.6) is 11.5 Å². The Balaban J connectivity index is 2.02. The van der Waals surface area contributed by atoms with Gasteiger partial charge in [-0.3, -0.25) is 4.79 Å². The first-order valence-electron chi connectivity index (χ1n) is 8.15. The smallest absolute Gasteiger partial charge is 0.263 e. The summed E-state index contributed by atoms with van der Waals surface area (Å²) in [5.74, 6) is 1.55. The number of rotatable bonds is 7. The lowest BCUT2D eigenvalue weighted by Crippen LogP contribution is -2.39. The van der Waals surface area contributed by atoms with Crippen molar-refractivity contribution in [2.24, 2.45) is 0 Å². The van der Waals surface area contributed by atoms with E-state index in [-0.39, 0.29) is 5.91 Å². The molecule has 1 atom stereocenters. The Morgan fingerprint density at radius 3 is 2.38 bits per heavy atom. The second-order valence-electron chi connectivity index (χ2n) is 5.82. The van der Waals surface area contributed by atoms with Crippen LogP contribution >= 0.6 is 0 Å². The van der Waals surface area contributed by atoms with Crippen LogP contribution in [0, 0.1) is 6.92 Å². The van der Waals surface area contributed by atoms with E-state index in [1.807, 2.05) is 62.4 Å². The molecule has 0 heterocycles. The topological polar surface area (TPSA) is 38.8 Å². The zero-order valence-corrected chi connectivity index (χ0v) is 14.8. The molecule has 0 saturated heterocycles. The van der Waals surface area contributed by atoms with Gasteiger partial charge >= 0.3 is 0 Å². The van der Waals surface area contributed by atoms with Crippen molar-refractivity contribution >= 4 is 5.91 Å². The van der Waals surface area contributed by atoms with E-state index in [1.165, 1.54) is 0 Å². The van der Waals surface area contributed by atoms with Crippen molar-refractivity contribution in [3.05, 3.63) is 59.7 Å². The van der Waals surface area contributed by atoms with Gasteiger partial charge in [0.05, 0.1) is 7.11 Å². The summed E-state index contributed by atoms with van der Waals surface area (Å²) in [6, 6.07) is 15.5. The van der Waals surface area contributed by atoms with Crippen LogP contribution in [-0.4, -0.2) is 31.1 Å². The fraction of sp³-hybridized carbons (Fsp3) is 0.350. The molecule has 128 valence electrons. The van der Waals surface area contributed by atoms with E-state index >= 15 is 0 Å². The van der Waals surface area contributed by atoms with E-state index in [0.717, 1.165) is 22.6 Å². The summed E-state index contributed by atoms with van der Waals surface area (Å²) in [4.78, 5) is 14.4. The molecule has 1 amide bonds. The highest BCUT2D eigenvalue weighted by Gasteiger charge is 2.22. The number of aryl methyl sites for hydroxylation is 1. The average molecular weight is 327 g/mol. The van der Waals surface area contributed by atoms with Crippen molar-refractivity contribution in [1.29, 1.82) is 0 Å². The minimum absolute atomic E-state index is 0.0171. The SMILES string of the molecule is CCC(Oc1ccccc1C)C(=O)N(C)Cc1ccc(OC)cc1. The first kappa shape index (κ1) is 17.9. The van der Waals surface area contributed by atoms with Gasteiger partial charge in [-0.25, -0.2) is 0 Å². The number of hydrogen-bond donors (Lipinski definition) is 0. The quantitative estimate of drug-likeness (QED) is 0.776. The number of ether oxygens (including phenoxy) is 2. The summed E-state index contributed by atoms with van der Waals surface area (Å²) >= 11 is 0. The van der Waals surface area contributed by atoms with Crippen LogP contribution < -0.4 is 9.47 Å². The Morgan fingerprint density at radius 2 is 1.79 bits per heavy atom. The number of benzene rings is 2. The van der Waals surface area contributed by atoms with Crippen molar-refractivity contribution in [1.82, 2.24) is 4.90 Å². The molecule has 1 unspecified atom stereocenters. The van der Waals surface area contributed by atoms with Gasteiger partial charge < -0.3 is 14.4 Å². The second kappa shape index (κ2) is 8.39. The molecule has 0 radical (unpaired) electrons. The largest absolute Gasteiger partial charge is 0.497 e. The zero-order valence-electron chi connectivity index (χ0n) is 14.8. The lowest BCUT2D eigenvalue weighted by molar-refractivity contribution is -0.138. The first-order chi connectivity index (χ1) is 11.5. The molecule has 0 fully saturated rings. The number of likely N-dealkylation sites (N-methyl/N-ethyl adjacent to an activating group) is 1. The average Bonchev–Trinajstić information content (AvgIpc) is 2.61. The molecule has 0 bridgehead atoms. The summed E-state index contributed by atoms with van der Waals surface area (Å²) < 4.78 is 11.1. The van der Waals surface area contributed by atoms with Crippen LogP contribution in [-0.2, 0) is 11.3 Å². The highest BCUT2D eigenvalue weighted by atomic mass is 16.5. The van der Waals surface area contributed by atoms with Crippen LogP contribution in [0.25, 0.3) is 0 Å². The van der Waals surface area contributed by atoms with Gasteiger partial charge in [0.15, 0.2) is 6.10 Å². The van der Waals surface area contributed by atoms with Crippen LogP contribution in [0.4, 0.5) is 0 Å². The Morgan fingerprint density at radius 1 is 1.12 bits per heavy atom. The van der Waals surface area contributed by atoms with Crippen LogP contribution in [0.1, 0.15) is 24.5 Å². The van der Waals surface area contributed by atoms with Gasteiger partial charge in [-0.1, -0.05) is 37.3 Å². The van der Waals surface area contributed by atoms with E-state index in [0.29, 0.717) is 13.0 Å². The number of carbonyl (C=O) groups excluding carboxylic acids is 1. The summed E-state index contributed by atoms with van der Waals surface area (Å²) in [5.41, 5.74) is 2.08. The molecule has 4 nitrogen and oxygen atoms in total. The number of hydrogen-bond acceptors (Lipinski definition) is 3. The minimum atomic E-state index is -0.477. The first-order valence-corrected chi connectivity index (χ1v) is 8.15. The van der Waals surface area contributed by atoms with Gasteiger partial charge in [-0.2, -0.15) is 0 Å². The Hall–Kier alpha value is -2.49. The normalized spacial score (nSPS) is 11.7. The fourth-order valence-corrected chi connectivity index (χ4v) is 2.48. The molecular formula is C20H25NO3. The maximum atomic E-state index is 12.7. The molecule has 0 N–H and O–H groups in total. The standard InChI is InChI=1S/C20H25NO3/c1-5-18(24-19-9-7-6-8-15(19)2)20(22)21(3)14-16-10-12-17(23-4)13-11-16/h6-13,18H,5,14H2,1-4H3. The molecular weight excluding hydrogens is 302 g/mol. The van der Waals surface area contributed by atoms with E-state index in [9.17, 15) is 4.79 Å². The molecule has 24 heavy (non-hydrogen) atoms. The summed E-state index contributed by atoms with van der Waals surface area (Å²) in [6.07, 6.45) is 0.148. The summed E-state index contributed by atoms with van der Waals surface area (Å²) in [5, 5.41) is 0. The van der Waals surface area contributed by atoms with E-state index < -0.39 is 6.10 Å². The molecule has 0 aliphatic carbocycles. The Labute approximate surface area is 144 Å². The van der Waals surface area contributed by atoms with Gasteiger partial charge in [-0.15, -0.1) is 0 Å². The van der Waals surface area contributed by atoms with Crippen molar-refractivity contribution in [2.45, 2.75) is 32.9 Å². The molecule has 0 spiro atoms. The van der Waals surface area contributed by atoms with E-state index in [2.05, 4.69) is 0 Å². The van der Waals surface area contributed by atoms with Crippen molar-refractivity contribution in [3.8, 4) is 11.5 Å². The number of methoxy groups -OCH3 is 1. The fourth-order valence-electron chi connectivity index (χ4n) is 2.48. The van der Waals surface area contributed by atoms with Crippen molar-refractivity contribution in [2.75, 3.05) is 14.2 Å². The molecule has 0 aliphatic rings. The maximum absolute atomic E-state index is 12.7. The Kier molecular flexibility index (Phi) is 6.24. The van der Waals surface area contributed by atoms with Crippen molar-refractivity contribution in [3.63, 3.8) is 0 Å². The van der Waals surface area contributed by atoms with E-state index in [4.69, 9.17) is 9.47 Å². The lowest BCUT2D eigenvalue weighted by atomic mass is 10.1. The van der Waals surface area contributed by atoms with E-state index in [1.54, 1.807) is 19.1 Å². The number of carbonyl (C=O) groups is 1. The Bertz CT molecular complexity index is 667. The number of nitrogens with zero attached hydrogens (tertiary/aromatic N) is 1. The van der Waals surface area contributed by atoms with Crippen LogP contribution in [0.3, 0.4) is 0 Å². The molecule has 2 aromatic rings. The second-order valence-corrected chi connectivity index (χ2v) is 5.82. The van der Waals surface area contributed by atoms with Gasteiger partial charge in [0.2, 0.25) is 0 Å². The zero-order chi connectivity index (χ0) is 17.5. The van der Waals surface area contributed by atoms with Gasteiger partial charge in [-0.05, 0) is 42.7 Å². The number of para-hydroxylation sites is 1. The third kappa shape index (κ3) is 4.51. The predicted molar refractivity (Wildman–Crippen MR) is 95.4 cm³/mol. The molecule has 0 saturated carbocycles. The highest BCUT2D eigenvalue weighted by molar-refractivity contribution is 5.81. The van der Waals surface area contributed by atoms with Crippen LogP contribution in [0.2, 0.25) is 0 Å². The number of amides is 1. The molecule has 0 aliphatic heterocycles. The summed E-state index contributed by atoms with van der Waals surface area (Å²) in [6.45, 7) is 4.48. The van der Waals surface area contributed by atoms with Crippen LogP contribution in [0.15, 0.2) is 48.5 Å². The maximum Gasteiger partial charge on any atom is 0.263 e. The summed E-state index contributed by atoms with van der Waals surface area (Å²) in [7, 11) is 3.44. The van der Waals surface area contributed by atoms with Gasteiger partial charge in [0.25, 0.3) is 5.91 Å². The third-order valence-corrected chi connectivity index (χ3v) is 3.96. The monoisotopic (exact) mass is 327 g/mol. The molecule has 2 rings (SSSR count).